The van der Waals surface area contributed by atoms with Gasteiger partial charge >= 0.3 is 0 Å². The standard InChI is InChI=1S/C16H24N2O4/c1-20-14-4-3-12(10-15(14)21-2)9-13(19)16-11-18(6-5-17)7-8-22-16/h3-4,10,16H,5-9,11,17H2,1-2H3. The Morgan fingerprint density at radius 1 is 1.36 bits per heavy atom. The van der Waals surface area contributed by atoms with Crippen LogP contribution in [0.2, 0.25) is 0 Å². The van der Waals surface area contributed by atoms with Gasteiger partial charge in [0.1, 0.15) is 6.10 Å². The first-order valence-corrected chi connectivity index (χ1v) is 7.45. The molecule has 0 saturated carbocycles. The van der Waals surface area contributed by atoms with Crippen LogP contribution in [0.3, 0.4) is 0 Å². The molecule has 6 nitrogen and oxygen atoms in total. The molecule has 0 aliphatic carbocycles. The Kier molecular flexibility index (Phi) is 6.18. The third-order valence-corrected chi connectivity index (χ3v) is 3.78. The van der Waals surface area contributed by atoms with Crippen molar-refractivity contribution in [2.45, 2.75) is 12.5 Å². The third kappa shape index (κ3) is 4.19. The van der Waals surface area contributed by atoms with E-state index in [1.807, 2.05) is 18.2 Å². The Hall–Kier alpha value is -1.63. The third-order valence-electron chi connectivity index (χ3n) is 3.78. The van der Waals surface area contributed by atoms with E-state index in [2.05, 4.69) is 4.90 Å². The number of Topliss-reactive ketones (excluding diaryl/α,β-unsaturated/α-hetero) is 1. The molecular weight excluding hydrogens is 284 g/mol. The van der Waals surface area contributed by atoms with Crippen LogP contribution in [-0.2, 0) is 16.0 Å². The number of morpholine rings is 1. The van der Waals surface area contributed by atoms with Crippen LogP contribution in [0.25, 0.3) is 0 Å². The van der Waals surface area contributed by atoms with Crippen molar-refractivity contribution in [2.75, 3.05) is 47.0 Å². The summed E-state index contributed by atoms with van der Waals surface area (Å²) in [5.41, 5.74) is 6.46. The van der Waals surface area contributed by atoms with Crippen LogP contribution in [0.1, 0.15) is 5.56 Å². The zero-order chi connectivity index (χ0) is 15.9. The fourth-order valence-electron chi connectivity index (χ4n) is 2.59. The van der Waals surface area contributed by atoms with Gasteiger partial charge in [0, 0.05) is 32.6 Å². The van der Waals surface area contributed by atoms with Gasteiger partial charge < -0.3 is 19.9 Å². The van der Waals surface area contributed by atoms with Crippen LogP contribution in [0, 0.1) is 0 Å². The van der Waals surface area contributed by atoms with E-state index < -0.39 is 0 Å². The number of nitrogens with two attached hydrogens (primary N) is 1. The molecule has 1 aromatic rings. The van der Waals surface area contributed by atoms with Gasteiger partial charge in [-0.2, -0.15) is 0 Å². The van der Waals surface area contributed by atoms with Crippen molar-refractivity contribution in [3.63, 3.8) is 0 Å². The van der Waals surface area contributed by atoms with Gasteiger partial charge in [0.2, 0.25) is 0 Å². The van der Waals surface area contributed by atoms with E-state index in [9.17, 15) is 4.79 Å². The largest absolute Gasteiger partial charge is 0.493 e. The molecule has 0 radical (unpaired) electrons. The highest BCUT2D eigenvalue weighted by Gasteiger charge is 2.26. The molecule has 1 aliphatic rings. The molecule has 0 bridgehead atoms. The smallest absolute Gasteiger partial charge is 0.167 e. The van der Waals surface area contributed by atoms with Gasteiger partial charge in [-0.25, -0.2) is 0 Å². The van der Waals surface area contributed by atoms with E-state index >= 15 is 0 Å². The monoisotopic (exact) mass is 308 g/mol. The van der Waals surface area contributed by atoms with E-state index in [1.165, 1.54) is 0 Å². The summed E-state index contributed by atoms with van der Waals surface area (Å²) in [6.07, 6.45) is -0.0602. The summed E-state index contributed by atoms with van der Waals surface area (Å²) < 4.78 is 16.1. The highest BCUT2D eigenvalue weighted by Crippen LogP contribution is 2.28. The molecule has 22 heavy (non-hydrogen) atoms. The van der Waals surface area contributed by atoms with E-state index in [4.69, 9.17) is 19.9 Å². The van der Waals surface area contributed by atoms with Gasteiger partial charge in [0.05, 0.1) is 20.8 Å². The summed E-state index contributed by atoms with van der Waals surface area (Å²) in [6, 6.07) is 5.51. The number of hydrogen-bond donors (Lipinski definition) is 1. The zero-order valence-corrected chi connectivity index (χ0v) is 13.2. The lowest BCUT2D eigenvalue weighted by atomic mass is 10.0. The van der Waals surface area contributed by atoms with Crippen LogP contribution >= 0.6 is 0 Å². The summed E-state index contributed by atoms with van der Waals surface area (Å²) in [7, 11) is 3.17. The van der Waals surface area contributed by atoms with Crippen molar-refractivity contribution in [1.82, 2.24) is 4.90 Å². The van der Waals surface area contributed by atoms with Crippen LogP contribution in [0.4, 0.5) is 0 Å². The van der Waals surface area contributed by atoms with Crippen molar-refractivity contribution >= 4 is 5.78 Å². The Morgan fingerprint density at radius 3 is 2.82 bits per heavy atom. The first kappa shape index (κ1) is 16.7. The number of benzene rings is 1. The van der Waals surface area contributed by atoms with E-state index in [0.717, 1.165) is 18.7 Å². The lowest BCUT2D eigenvalue weighted by molar-refractivity contribution is -0.135. The second kappa shape index (κ2) is 8.12. The maximum atomic E-state index is 12.4. The summed E-state index contributed by atoms with van der Waals surface area (Å²) >= 11 is 0. The Labute approximate surface area is 131 Å². The number of ketones is 1. The average molecular weight is 308 g/mol. The molecule has 1 unspecified atom stereocenters. The predicted molar refractivity (Wildman–Crippen MR) is 83.5 cm³/mol. The number of carbonyl (C=O) groups excluding carboxylic acids is 1. The lowest BCUT2D eigenvalue weighted by Gasteiger charge is -2.31. The van der Waals surface area contributed by atoms with Gasteiger partial charge in [0.15, 0.2) is 17.3 Å². The van der Waals surface area contributed by atoms with Crippen molar-refractivity contribution in [1.29, 1.82) is 0 Å². The second-order valence-electron chi connectivity index (χ2n) is 5.28. The van der Waals surface area contributed by atoms with Crippen LogP contribution in [0.5, 0.6) is 11.5 Å². The molecule has 122 valence electrons. The van der Waals surface area contributed by atoms with Gasteiger partial charge in [0.25, 0.3) is 0 Å². The molecular formula is C16H24N2O4. The van der Waals surface area contributed by atoms with E-state index in [1.54, 1.807) is 14.2 Å². The molecule has 1 saturated heterocycles. The highest BCUT2D eigenvalue weighted by atomic mass is 16.5. The predicted octanol–water partition coefficient (Wildman–Crippen LogP) is 0.475. The number of rotatable bonds is 7. The van der Waals surface area contributed by atoms with Crippen molar-refractivity contribution in [2.24, 2.45) is 5.73 Å². The van der Waals surface area contributed by atoms with Gasteiger partial charge in [-0.3, -0.25) is 9.69 Å². The first-order chi connectivity index (χ1) is 10.7. The normalized spacial score (nSPS) is 19.0. The zero-order valence-electron chi connectivity index (χ0n) is 13.2. The van der Waals surface area contributed by atoms with Crippen LogP contribution < -0.4 is 15.2 Å². The molecule has 1 fully saturated rings. The first-order valence-electron chi connectivity index (χ1n) is 7.45. The Morgan fingerprint density at radius 2 is 2.14 bits per heavy atom. The van der Waals surface area contributed by atoms with Crippen LogP contribution in [0.15, 0.2) is 18.2 Å². The molecule has 1 heterocycles. The fourth-order valence-corrected chi connectivity index (χ4v) is 2.59. The molecule has 0 aromatic heterocycles. The summed E-state index contributed by atoms with van der Waals surface area (Å²) in [4.78, 5) is 14.6. The number of nitrogens with zero attached hydrogens (tertiary/aromatic N) is 1. The number of hydrogen-bond acceptors (Lipinski definition) is 6. The second-order valence-corrected chi connectivity index (χ2v) is 5.28. The quantitative estimate of drug-likeness (QED) is 0.789. The molecule has 0 amide bonds. The fraction of sp³-hybridized carbons (Fsp3) is 0.562. The molecule has 6 heteroatoms. The molecule has 1 atom stereocenters. The maximum absolute atomic E-state index is 12.4. The van der Waals surface area contributed by atoms with Crippen molar-refractivity contribution in [3.8, 4) is 11.5 Å². The minimum Gasteiger partial charge on any atom is -0.493 e. The van der Waals surface area contributed by atoms with E-state index in [-0.39, 0.29) is 11.9 Å². The number of carbonyl (C=O) groups is 1. The Balaban J connectivity index is 1.99. The topological polar surface area (TPSA) is 74.0 Å². The van der Waals surface area contributed by atoms with Crippen LogP contribution in [-0.4, -0.2) is 63.8 Å². The number of ether oxygens (including phenoxy) is 3. The molecule has 2 N–H and O–H groups in total. The molecule has 1 aliphatic heterocycles. The minimum atomic E-state index is -0.381. The maximum Gasteiger partial charge on any atom is 0.167 e. The Bertz CT molecular complexity index is 505. The minimum absolute atomic E-state index is 0.0777. The van der Waals surface area contributed by atoms with E-state index in [0.29, 0.717) is 37.6 Å². The number of methoxy groups -OCH3 is 2. The lowest BCUT2D eigenvalue weighted by Crippen LogP contribution is -2.47. The van der Waals surface area contributed by atoms with Crippen molar-refractivity contribution < 1.29 is 19.0 Å². The van der Waals surface area contributed by atoms with Crippen molar-refractivity contribution in [3.05, 3.63) is 23.8 Å². The summed E-state index contributed by atoms with van der Waals surface area (Å²) in [5.74, 6) is 1.36. The summed E-state index contributed by atoms with van der Waals surface area (Å²) in [5, 5.41) is 0. The average Bonchev–Trinajstić information content (AvgIpc) is 2.55. The van der Waals surface area contributed by atoms with Gasteiger partial charge in [-0.05, 0) is 17.7 Å². The summed E-state index contributed by atoms with van der Waals surface area (Å²) in [6.45, 7) is 3.41. The van der Waals surface area contributed by atoms with Gasteiger partial charge in [-0.1, -0.05) is 6.07 Å². The SMILES string of the molecule is COc1ccc(CC(=O)C2CN(CCN)CCO2)cc1OC. The highest BCUT2D eigenvalue weighted by molar-refractivity contribution is 5.85. The van der Waals surface area contributed by atoms with Gasteiger partial charge in [-0.15, -0.1) is 0 Å². The molecule has 0 spiro atoms. The molecule has 1 aromatic carbocycles. The molecule has 2 rings (SSSR count).